The number of rotatable bonds is 5. The topological polar surface area (TPSA) is 32.3 Å². The van der Waals surface area contributed by atoms with Crippen LogP contribution >= 0.6 is 0 Å². The minimum atomic E-state index is -0.229. The zero-order valence-corrected chi connectivity index (χ0v) is 10.8. The molecule has 1 aliphatic carbocycles. The summed E-state index contributed by atoms with van der Waals surface area (Å²) in [5.74, 6) is 0.374. The molecule has 0 saturated carbocycles. The second-order valence-corrected chi connectivity index (χ2v) is 5.15. The third kappa shape index (κ3) is 2.88. The van der Waals surface area contributed by atoms with E-state index in [9.17, 15) is 5.11 Å². The van der Waals surface area contributed by atoms with Crippen molar-refractivity contribution in [3.8, 4) is 0 Å². The van der Waals surface area contributed by atoms with E-state index in [4.69, 9.17) is 0 Å². The molecule has 1 aliphatic rings. The summed E-state index contributed by atoms with van der Waals surface area (Å²) in [4.78, 5) is 0. The van der Waals surface area contributed by atoms with Gasteiger partial charge < -0.3 is 10.4 Å². The largest absolute Gasteiger partial charge is 0.392 e. The Morgan fingerprint density at radius 1 is 1.41 bits per heavy atom. The van der Waals surface area contributed by atoms with Crippen LogP contribution in [0.1, 0.15) is 43.9 Å². The Balaban J connectivity index is 1.90. The van der Waals surface area contributed by atoms with Crippen molar-refractivity contribution in [1.82, 2.24) is 5.32 Å². The summed E-state index contributed by atoms with van der Waals surface area (Å²) in [6.07, 6.45) is 3.12. The van der Waals surface area contributed by atoms with Crippen LogP contribution in [0.25, 0.3) is 0 Å². The van der Waals surface area contributed by atoms with Gasteiger partial charge in [0, 0.05) is 12.6 Å². The van der Waals surface area contributed by atoms with E-state index in [1.54, 1.807) is 0 Å². The molecule has 2 N–H and O–H groups in total. The normalized spacial score (nSPS) is 22.2. The zero-order valence-electron chi connectivity index (χ0n) is 10.8. The summed E-state index contributed by atoms with van der Waals surface area (Å²) in [7, 11) is 0. The van der Waals surface area contributed by atoms with Crippen LogP contribution in [0.2, 0.25) is 0 Å². The van der Waals surface area contributed by atoms with Gasteiger partial charge in [-0.15, -0.1) is 0 Å². The average Bonchev–Trinajstić information content (AvgIpc) is 2.78. The predicted octanol–water partition coefficient (Wildman–Crippen LogP) is 2.67. The predicted molar refractivity (Wildman–Crippen MR) is 71.0 cm³/mol. The van der Waals surface area contributed by atoms with Gasteiger partial charge in [0.05, 0.1) is 6.10 Å². The van der Waals surface area contributed by atoms with Crippen molar-refractivity contribution in [2.45, 2.75) is 45.3 Å². The van der Waals surface area contributed by atoms with Crippen LogP contribution < -0.4 is 5.32 Å². The van der Waals surface area contributed by atoms with E-state index < -0.39 is 0 Å². The highest BCUT2D eigenvalue weighted by atomic mass is 16.3. The van der Waals surface area contributed by atoms with E-state index >= 15 is 0 Å². The van der Waals surface area contributed by atoms with Crippen LogP contribution in [-0.2, 0) is 6.42 Å². The second kappa shape index (κ2) is 5.65. The highest BCUT2D eigenvalue weighted by Crippen LogP contribution is 2.30. The van der Waals surface area contributed by atoms with Gasteiger partial charge in [0.25, 0.3) is 0 Å². The van der Waals surface area contributed by atoms with Gasteiger partial charge in [-0.25, -0.2) is 0 Å². The lowest BCUT2D eigenvalue weighted by atomic mass is 10.0. The van der Waals surface area contributed by atoms with Crippen LogP contribution in [0.5, 0.6) is 0 Å². The number of aliphatic hydroxyl groups is 1. The summed E-state index contributed by atoms with van der Waals surface area (Å²) >= 11 is 0. The van der Waals surface area contributed by atoms with Gasteiger partial charge >= 0.3 is 0 Å². The first-order valence-electron chi connectivity index (χ1n) is 6.71. The van der Waals surface area contributed by atoms with Gasteiger partial charge in [-0.2, -0.15) is 0 Å². The highest BCUT2D eigenvalue weighted by Gasteiger charge is 2.22. The number of nitrogens with one attached hydrogen (secondary N) is 1. The molecule has 1 aromatic rings. The van der Waals surface area contributed by atoms with Gasteiger partial charge in [0.15, 0.2) is 0 Å². The van der Waals surface area contributed by atoms with Crippen molar-refractivity contribution in [2.24, 2.45) is 5.92 Å². The van der Waals surface area contributed by atoms with Crippen LogP contribution in [0.4, 0.5) is 0 Å². The lowest BCUT2D eigenvalue weighted by Gasteiger charge is -2.21. The Kier molecular flexibility index (Phi) is 4.19. The molecule has 0 heterocycles. The molecule has 0 fully saturated rings. The monoisotopic (exact) mass is 233 g/mol. The number of hydrogen-bond donors (Lipinski definition) is 2. The van der Waals surface area contributed by atoms with E-state index in [0.29, 0.717) is 18.5 Å². The molecular formula is C15H23NO. The van der Waals surface area contributed by atoms with E-state index in [0.717, 1.165) is 19.3 Å². The molecule has 0 aliphatic heterocycles. The second-order valence-electron chi connectivity index (χ2n) is 5.15. The van der Waals surface area contributed by atoms with E-state index in [-0.39, 0.29) is 6.10 Å². The minimum absolute atomic E-state index is 0.229. The van der Waals surface area contributed by atoms with Crippen LogP contribution in [0.3, 0.4) is 0 Å². The fraction of sp³-hybridized carbons (Fsp3) is 0.600. The highest BCUT2D eigenvalue weighted by molar-refractivity contribution is 5.34. The minimum Gasteiger partial charge on any atom is -0.392 e. The summed E-state index contributed by atoms with van der Waals surface area (Å²) < 4.78 is 0. The fourth-order valence-corrected chi connectivity index (χ4v) is 2.51. The molecule has 17 heavy (non-hydrogen) atoms. The Morgan fingerprint density at radius 3 is 2.94 bits per heavy atom. The summed E-state index contributed by atoms with van der Waals surface area (Å²) in [6.45, 7) is 4.93. The van der Waals surface area contributed by atoms with Crippen molar-refractivity contribution in [1.29, 1.82) is 0 Å². The first kappa shape index (κ1) is 12.6. The molecular weight excluding hydrogens is 210 g/mol. The molecule has 0 saturated heterocycles. The standard InChI is InChI=1S/C15H23NO/c1-3-11(2)15(17)10-16-14-9-8-12-6-4-5-7-13(12)14/h4-7,11,14-17H,3,8-10H2,1-2H3. The number of benzene rings is 1. The Labute approximate surface area is 104 Å². The van der Waals surface area contributed by atoms with Gasteiger partial charge in [-0.05, 0) is 29.9 Å². The summed E-state index contributed by atoms with van der Waals surface area (Å²) in [5, 5.41) is 13.5. The van der Waals surface area contributed by atoms with Crippen molar-refractivity contribution < 1.29 is 5.11 Å². The molecule has 94 valence electrons. The molecule has 1 aromatic carbocycles. The van der Waals surface area contributed by atoms with Gasteiger partial charge in [-0.3, -0.25) is 0 Å². The Morgan fingerprint density at radius 2 is 2.18 bits per heavy atom. The SMILES string of the molecule is CCC(C)C(O)CNC1CCc2ccccc21. The smallest absolute Gasteiger partial charge is 0.0690 e. The van der Waals surface area contributed by atoms with Gasteiger partial charge in [0.1, 0.15) is 0 Å². The van der Waals surface area contributed by atoms with E-state index in [1.807, 2.05) is 0 Å². The lowest BCUT2D eigenvalue weighted by Crippen LogP contribution is -2.33. The number of aryl methyl sites for hydroxylation is 1. The number of aliphatic hydroxyl groups excluding tert-OH is 1. The Hall–Kier alpha value is -0.860. The lowest BCUT2D eigenvalue weighted by molar-refractivity contribution is 0.109. The molecule has 0 spiro atoms. The maximum absolute atomic E-state index is 9.96. The van der Waals surface area contributed by atoms with E-state index in [1.165, 1.54) is 11.1 Å². The van der Waals surface area contributed by atoms with Crippen LogP contribution in [-0.4, -0.2) is 17.8 Å². The summed E-state index contributed by atoms with van der Waals surface area (Å²) in [6, 6.07) is 9.06. The fourth-order valence-electron chi connectivity index (χ4n) is 2.51. The van der Waals surface area contributed by atoms with E-state index in [2.05, 4.69) is 43.4 Å². The molecule has 0 aromatic heterocycles. The molecule has 2 rings (SSSR count). The number of fused-ring (bicyclic) bond motifs is 1. The first-order valence-corrected chi connectivity index (χ1v) is 6.71. The maximum Gasteiger partial charge on any atom is 0.0690 e. The molecule has 3 atom stereocenters. The average molecular weight is 233 g/mol. The van der Waals surface area contributed by atoms with Crippen LogP contribution in [0, 0.1) is 5.92 Å². The van der Waals surface area contributed by atoms with Gasteiger partial charge in [0.2, 0.25) is 0 Å². The molecule has 2 heteroatoms. The van der Waals surface area contributed by atoms with Crippen molar-refractivity contribution in [2.75, 3.05) is 6.54 Å². The summed E-state index contributed by atoms with van der Waals surface area (Å²) in [5.41, 5.74) is 2.88. The van der Waals surface area contributed by atoms with Crippen LogP contribution in [0.15, 0.2) is 24.3 Å². The quantitative estimate of drug-likeness (QED) is 0.819. The zero-order chi connectivity index (χ0) is 12.3. The number of hydrogen-bond acceptors (Lipinski definition) is 2. The maximum atomic E-state index is 9.96. The third-order valence-electron chi connectivity index (χ3n) is 4.01. The van der Waals surface area contributed by atoms with Crippen molar-refractivity contribution in [3.05, 3.63) is 35.4 Å². The third-order valence-corrected chi connectivity index (χ3v) is 4.01. The first-order chi connectivity index (χ1) is 8.22. The molecule has 3 unspecified atom stereocenters. The Bertz CT molecular complexity index is 364. The molecule has 0 amide bonds. The molecule has 0 radical (unpaired) electrons. The van der Waals surface area contributed by atoms with Gasteiger partial charge in [-0.1, -0.05) is 44.5 Å². The molecule has 0 bridgehead atoms. The molecule has 2 nitrogen and oxygen atoms in total. The van der Waals surface area contributed by atoms with Crippen molar-refractivity contribution in [3.63, 3.8) is 0 Å². The van der Waals surface area contributed by atoms with Crippen molar-refractivity contribution >= 4 is 0 Å².